The molecule has 112 heavy (non-hydrogen) atoms. The van der Waals surface area contributed by atoms with Gasteiger partial charge in [0.05, 0.1) is 22.1 Å². The number of benzene rings is 11. The minimum atomic E-state index is -4.63. The van der Waals surface area contributed by atoms with Crippen LogP contribution < -0.4 is 26.8 Å². The Morgan fingerprint density at radius 3 is 1.59 bits per heavy atom. The standard InChI is InChI=1S/2C22H14O5.C12H7NO3.C10H5F3O3.C10H8O3.C8H10O.4Y/c1-11-7-15-19(9-17(11)23)26-20-10-18(24)12(2)8-16(20)22(15)14-6-4-3-5-13(14)21(25)27-22;1-11-7-15-19(9-17(11)23)27-20-10-18(24)12(2)8-16(20)21(15)13-5-3-4-6-14(13)22(25)26;14-7-1-3-9-11(5-7)16-12-6-8(15)2-4-10(12)13-9;11-10(12,13)7-4-9(15)16-8-3-5(14)1-2-6(7)8;1-6-4-10(12)13-9-5-7(11)2-3-8(6)9;1-6-3-4-8(9)5-7(6)2;;;;/h3-8,23-24H,1-2H3;3-8,23H,1-2H3,(H,25,26);1-6,14H;1-4,14H;2-5,11H,1H3;3-5,9H,1-2H3;;;;/q2*-2;;;;;;;;. The molecule has 4 radical (unpaired) electrons. The molecule has 0 atom stereocenters. The number of alkyl halides is 3. The number of halogens is 3. The van der Waals surface area contributed by atoms with E-state index >= 15 is 0 Å². The van der Waals surface area contributed by atoms with Gasteiger partial charge in [-0.2, -0.15) is 37.4 Å². The first-order valence-electron chi connectivity index (χ1n) is 32.5. The van der Waals surface area contributed by atoms with Gasteiger partial charge >= 0.3 is 29.4 Å². The molecule has 0 unspecified atom stereocenters. The third kappa shape index (κ3) is 18.6. The number of nitrogens with zero attached hydrogens (tertiary/aromatic N) is 1. The van der Waals surface area contributed by atoms with Gasteiger partial charge in [0.2, 0.25) is 0 Å². The van der Waals surface area contributed by atoms with Gasteiger partial charge in [-0.1, -0.05) is 117 Å². The fourth-order valence-electron chi connectivity index (χ4n) is 12.0. The largest absolute Gasteiger partial charge is 0.534 e. The number of aromatic carboxylic acids is 1. The van der Waals surface area contributed by atoms with E-state index in [4.69, 9.17) is 38.0 Å². The van der Waals surface area contributed by atoms with Crippen LogP contribution in [0.3, 0.4) is 0 Å². The number of carbonyl (C=O) groups excluding carboxylic acids is 1. The molecule has 0 bridgehead atoms. The second-order valence-corrected chi connectivity index (χ2v) is 25.1. The summed E-state index contributed by atoms with van der Waals surface area (Å²) in [4.78, 5) is 73.9. The Morgan fingerprint density at radius 2 is 0.982 bits per heavy atom. The molecule has 4 aliphatic heterocycles. The molecule has 2 aliphatic carbocycles. The van der Waals surface area contributed by atoms with Crippen molar-refractivity contribution in [1.82, 2.24) is 4.98 Å². The summed E-state index contributed by atoms with van der Waals surface area (Å²) in [5.74, 6) is -0.332. The van der Waals surface area contributed by atoms with Crippen LogP contribution in [0.25, 0.3) is 77.9 Å². The summed E-state index contributed by atoms with van der Waals surface area (Å²) in [6.45, 7) is 12.7. The fraction of sp³-hybridized carbons (Fsp3) is 0.107. The number of esters is 1. The summed E-state index contributed by atoms with van der Waals surface area (Å²) in [6.07, 6.45) is -4.63. The van der Waals surface area contributed by atoms with Gasteiger partial charge in [0.25, 0.3) is 0 Å². The predicted molar refractivity (Wildman–Crippen MR) is 390 cm³/mol. The van der Waals surface area contributed by atoms with Crippen LogP contribution in [-0.2, 0) is 147 Å². The Hall–Kier alpha value is -9.74. The molecule has 11 aromatic rings. The topological polar surface area (TPSA) is 348 Å². The Balaban J connectivity index is 0.000000173. The van der Waals surface area contributed by atoms with E-state index in [2.05, 4.69) is 33.7 Å². The molecular formula is C84H58F3NO20Y4-4. The zero-order valence-corrected chi connectivity index (χ0v) is 71.5. The van der Waals surface area contributed by atoms with Crippen molar-refractivity contribution in [2.75, 3.05) is 0 Å². The van der Waals surface area contributed by atoms with E-state index in [0.717, 1.165) is 34.7 Å². The van der Waals surface area contributed by atoms with Crippen molar-refractivity contribution < 1.29 is 222 Å². The average Bonchev–Trinajstić information content (AvgIpc) is 1.48. The van der Waals surface area contributed by atoms with Gasteiger partial charge < -0.3 is 72.8 Å². The molecule has 1 spiro atoms. The van der Waals surface area contributed by atoms with Gasteiger partial charge in [-0.05, 0) is 121 Å². The zero-order valence-electron chi connectivity index (χ0n) is 60.1. The Bertz CT molecular complexity index is 6280. The summed E-state index contributed by atoms with van der Waals surface area (Å²) in [7, 11) is 0. The summed E-state index contributed by atoms with van der Waals surface area (Å²) >= 11 is 0. The summed E-state index contributed by atoms with van der Waals surface area (Å²) in [6, 6.07) is 55.9. The molecular weight excluding hydrogens is 1760 g/mol. The van der Waals surface area contributed by atoms with Crippen LogP contribution in [0.4, 0.5) is 13.2 Å². The third-order valence-electron chi connectivity index (χ3n) is 17.5. The Labute approximate surface area is 734 Å². The Kier molecular flexibility index (Phi) is 28.2. The minimum absolute atomic E-state index is 0. The smallest absolute Gasteiger partial charge is 0.417 e. The molecule has 2 aromatic heterocycles. The predicted octanol–water partition coefficient (Wildman–Crippen LogP) is 16.4. The summed E-state index contributed by atoms with van der Waals surface area (Å²) in [5, 5.41) is 77.5. The molecule has 0 amide bonds. The molecule has 0 saturated heterocycles. The maximum absolute atomic E-state index is 12.7. The number of aromatic hydroxyl groups is 7. The monoisotopic (exact) mass is 1810 g/mol. The molecule has 0 saturated carbocycles. The Morgan fingerprint density at radius 1 is 0.446 bits per heavy atom. The van der Waals surface area contributed by atoms with Crippen molar-refractivity contribution in [2.24, 2.45) is 0 Å². The number of aryl methyl sites for hydroxylation is 7. The molecule has 17 rings (SSSR count). The van der Waals surface area contributed by atoms with Gasteiger partial charge in [0.1, 0.15) is 51.0 Å². The number of rotatable bonds is 2. The van der Waals surface area contributed by atoms with Gasteiger partial charge in [-0.3, -0.25) is 4.79 Å². The van der Waals surface area contributed by atoms with E-state index in [1.807, 2.05) is 39.0 Å². The first kappa shape index (κ1) is 87.8. The molecule has 6 aliphatic rings. The van der Waals surface area contributed by atoms with Crippen molar-refractivity contribution in [2.45, 2.75) is 60.2 Å². The number of fused-ring (bicyclic) bond motifs is 12. The molecule has 28 heteroatoms. The molecule has 6 heterocycles. The van der Waals surface area contributed by atoms with E-state index in [0.29, 0.717) is 107 Å². The average molecular weight is 1810 g/mol. The van der Waals surface area contributed by atoms with Crippen molar-refractivity contribution in [3.63, 3.8) is 0 Å². The SMILES string of the molecule is Cc1cc(=O)oc2cc(O)ccc12.Cc1cc2c(-c3ccccc3C(=O)O)c3cc(C)c(=O)[c-]c-3oc2[c-]c1O.Cc1cc2c([c-]c1O)Oc1[c-]c(O)c(C)cc1C21OC(=O)c2ccccc21.Cc1ccc(O)cc1C.O=c1cc(C(F)(F)F)c2ccc(O)cc2o1.O=c1ccc2nc3ccc(O)cc3oc-2c1.[Y].[Y].[Y].[Y]. The number of carbonyl (C=O) groups is 2. The summed E-state index contributed by atoms with van der Waals surface area (Å²) < 4.78 is 70.2. The number of carboxylic acid groups (broad SMARTS) is 1. The van der Waals surface area contributed by atoms with Crippen molar-refractivity contribution in [1.29, 1.82) is 0 Å². The number of ether oxygens (including phenoxy) is 2. The molecule has 556 valence electrons. The number of carboxylic acids is 1. The van der Waals surface area contributed by atoms with Crippen LogP contribution in [0.1, 0.15) is 81.9 Å². The zero-order chi connectivity index (χ0) is 77.5. The van der Waals surface area contributed by atoms with Crippen molar-refractivity contribution >= 4 is 55.9 Å². The minimum Gasteiger partial charge on any atom is -0.534 e. The van der Waals surface area contributed by atoms with E-state index in [1.165, 1.54) is 42.0 Å². The second-order valence-electron chi connectivity index (χ2n) is 25.1. The molecule has 8 N–H and O–H groups in total. The number of phenols is 7. The van der Waals surface area contributed by atoms with Crippen molar-refractivity contribution in [3.05, 3.63) is 314 Å². The van der Waals surface area contributed by atoms with Gasteiger partial charge in [-0.15, -0.1) is 27.8 Å². The maximum atomic E-state index is 12.7. The first-order chi connectivity index (χ1) is 51.2. The van der Waals surface area contributed by atoms with E-state index < -0.39 is 40.5 Å². The van der Waals surface area contributed by atoms with Crippen LogP contribution in [0.2, 0.25) is 0 Å². The van der Waals surface area contributed by atoms with E-state index in [9.17, 15) is 67.5 Å². The van der Waals surface area contributed by atoms with E-state index in [-0.39, 0.29) is 216 Å². The van der Waals surface area contributed by atoms with Crippen LogP contribution in [0.5, 0.6) is 51.7 Å². The van der Waals surface area contributed by atoms with Gasteiger partial charge in [0, 0.05) is 218 Å². The van der Waals surface area contributed by atoms with Gasteiger partial charge in [0.15, 0.2) is 16.8 Å². The molecule has 0 fully saturated rings. The quantitative estimate of drug-likeness (QED) is 0.0345. The van der Waals surface area contributed by atoms with Crippen LogP contribution in [0, 0.1) is 72.7 Å². The second kappa shape index (κ2) is 35.9. The first-order valence-corrected chi connectivity index (χ1v) is 32.5. The number of hydrogen-bond donors (Lipinski definition) is 8. The number of phenolic OH excluding ortho intramolecular Hbond substituents is 7. The summed E-state index contributed by atoms with van der Waals surface area (Å²) in [5.41, 5.74) is 7.32. The van der Waals surface area contributed by atoms with Gasteiger partial charge in [-0.25, -0.2) is 24.2 Å². The van der Waals surface area contributed by atoms with Crippen LogP contribution in [0.15, 0.2) is 213 Å². The van der Waals surface area contributed by atoms with E-state index in [1.54, 1.807) is 125 Å². The van der Waals surface area contributed by atoms with Crippen molar-refractivity contribution in [3.8, 4) is 85.7 Å². The maximum Gasteiger partial charge on any atom is 0.417 e. The normalized spacial score (nSPS) is 11.7. The number of hydrogen-bond acceptors (Lipinski definition) is 20. The van der Waals surface area contributed by atoms with Crippen LogP contribution >= 0.6 is 0 Å². The fourth-order valence-corrected chi connectivity index (χ4v) is 12.0. The van der Waals surface area contributed by atoms with Crippen LogP contribution in [-0.4, -0.2) is 57.8 Å². The number of aromatic nitrogens is 1. The molecule has 21 nitrogen and oxygen atoms in total. The third-order valence-corrected chi connectivity index (χ3v) is 17.5. The molecule has 9 aromatic carbocycles.